The molecule has 18 heavy (non-hydrogen) atoms. The zero-order valence-corrected chi connectivity index (χ0v) is 9.64. The number of nitrogens with zero attached hydrogens (tertiary/aromatic N) is 1. The Morgan fingerprint density at radius 2 is 2.11 bits per heavy atom. The van der Waals surface area contributed by atoms with Gasteiger partial charge >= 0.3 is 11.9 Å². The average Bonchev–Trinajstić information content (AvgIpc) is 2.38. The molecule has 0 atom stereocenters. The number of halogens is 1. The fourth-order valence-corrected chi connectivity index (χ4v) is 1.17. The second-order valence-electron chi connectivity index (χ2n) is 3.04. The molecule has 0 aliphatic rings. The normalized spacial score (nSPS) is 10.3. The van der Waals surface area contributed by atoms with E-state index >= 15 is 0 Å². The Balaban J connectivity index is 3.06. The lowest BCUT2D eigenvalue weighted by Gasteiger charge is -2.07. The van der Waals surface area contributed by atoms with Gasteiger partial charge in [-0.1, -0.05) is 12.1 Å². The fourth-order valence-electron chi connectivity index (χ4n) is 1.13. The molecule has 7 heteroatoms. The molecule has 0 bridgehead atoms. The second kappa shape index (κ2) is 6.27. The first-order valence-corrected chi connectivity index (χ1v) is 4.93. The summed E-state index contributed by atoms with van der Waals surface area (Å²) in [6, 6.07) is 8.12. The molecule has 0 amide bonds. The molecular weight excluding hydrogens is 260 g/mol. The van der Waals surface area contributed by atoms with Crippen LogP contribution in [0.2, 0.25) is 0 Å². The summed E-state index contributed by atoms with van der Waals surface area (Å²) in [6.07, 6.45) is 0.670. The van der Waals surface area contributed by atoms with Crippen molar-refractivity contribution in [1.82, 2.24) is 0 Å². The number of nitrogens with one attached hydrogen (secondary N) is 1. The summed E-state index contributed by atoms with van der Waals surface area (Å²) in [4.78, 5) is 21.8. The van der Waals surface area contributed by atoms with Crippen LogP contribution in [0.4, 0.5) is 5.69 Å². The number of hydrogen-bond acceptors (Lipinski definition) is 5. The summed E-state index contributed by atoms with van der Waals surface area (Å²) in [7, 11) is 0. The smallest absolute Gasteiger partial charge is 0.352 e. The number of aliphatic carboxylic acids is 1. The van der Waals surface area contributed by atoms with Crippen molar-refractivity contribution in [3.63, 3.8) is 0 Å². The monoisotopic (exact) mass is 266 g/mol. The first-order valence-electron chi connectivity index (χ1n) is 4.62. The maximum atomic E-state index is 10.9. The van der Waals surface area contributed by atoms with Crippen LogP contribution < -0.4 is 5.32 Å². The summed E-state index contributed by atoms with van der Waals surface area (Å²) >= 11 is 4.80. The molecule has 0 aromatic heterocycles. The molecule has 6 nitrogen and oxygen atoms in total. The highest BCUT2D eigenvalue weighted by atomic mass is 35.5. The molecule has 2 N–H and O–H groups in total. The first kappa shape index (κ1) is 13.5. The van der Waals surface area contributed by atoms with Crippen LogP contribution in [-0.4, -0.2) is 17.0 Å². The maximum absolute atomic E-state index is 10.9. The Kier molecular flexibility index (Phi) is 4.72. The summed E-state index contributed by atoms with van der Waals surface area (Å²) in [6.45, 7) is 0. The highest BCUT2D eigenvalue weighted by molar-refractivity contribution is 6.15. The predicted octanol–water partition coefficient (Wildman–Crippen LogP) is 1.64. The van der Waals surface area contributed by atoms with Crippen LogP contribution in [0.1, 0.15) is 5.56 Å². The van der Waals surface area contributed by atoms with E-state index in [1.807, 2.05) is 6.07 Å². The van der Waals surface area contributed by atoms with E-state index in [2.05, 4.69) is 9.61 Å². The van der Waals surface area contributed by atoms with Crippen LogP contribution >= 0.6 is 11.9 Å². The van der Waals surface area contributed by atoms with Crippen LogP contribution in [0.5, 0.6) is 0 Å². The molecule has 92 valence electrons. The molecule has 0 unspecified atom stereocenters. The molecule has 1 aromatic rings. The number of carboxylic acids is 1. The second-order valence-corrected chi connectivity index (χ2v) is 3.20. The number of rotatable bonds is 4. The third-order valence-corrected chi connectivity index (χ3v) is 2.04. The molecule has 0 aliphatic carbocycles. The minimum absolute atomic E-state index is 0.240. The Bertz CT molecular complexity index is 548. The van der Waals surface area contributed by atoms with Gasteiger partial charge in [0.05, 0.1) is 17.3 Å². The molecule has 0 heterocycles. The number of carboxylic acid groups (broad SMARTS) is 1. The fraction of sp³-hybridized carbons (Fsp3) is 0. The van der Waals surface area contributed by atoms with Crippen molar-refractivity contribution in [3.8, 4) is 6.07 Å². The number of anilines is 1. The van der Waals surface area contributed by atoms with Crippen LogP contribution in [0.25, 0.3) is 0 Å². The Morgan fingerprint density at radius 3 is 2.67 bits per heavy atom. The topological polar surface area (TPSA) is 99.4 Å². The Morgan fingerprint density at radius 1 is 1.44 bits per heavy atom. The highest BCUT2D eigenvalue weighted by Gasteiger charge is 2.12. The van der Waals surface area contributed by atoms with Crippen LogP contribution in [0, 0.1) is 11.3 Å². The highest BCUT2D eigenvalue weighted by Crippen LogP contribution is 2.16. The predicted molar refractivity (Wildman–Crippen MR) is 62.4 cm³/mol. The van der Waals surface area contributed by atoms with Gasteiger partial charge in [-0.05, 0) is 12.1 Å². The van der Waals surface area contributed by atoms with Gasteiger partial charge < -0.3 is 14.7 Å². The molecule has 1 aromatic carbocycles. The van der Waals surface area contributed by atoms with E-state index in [1.165, 1.54) is 12.1 Å². The van der Waals surface area contributed by atoms with Crippen molar-refractivity contribution in [3.05, 3.63) is 41.6 Å². The van der Waals surface area contributed by atoms with E-state index in [0.717, 1.165) is 0 Å². The number of nitriles is 1. The third kappa shape index (κ3) is 3.50. The maximum Gasteiger partial charge on any atom is 0.352 e. The summed E-state index contributed by atoms with van der Waals surface area (Å²) in [5.41, 5.74) is 0.0447. The van der Waals surface area contributed by atoms with Gasteiger partial charge in [-0.2, -0.15) is 5.26 Å². The molecule has 0 aliphatic heterocycles. The number of hydrogen-bond donors (Lipinski definition) is 2. The molecule has 1 rings (SSSR count). The van der Waals surface area contributed by atoms with Crippen molar-refractivity contribution in [2.45, 2.75) is 0 Å². The van der Waals surface area contributed by atoms with E-state index in [9.17, 15) is 9.59 Å². The van der Waals surface area contributed by atoms with Gasteiger partial charge in [0.2, 0.25) is 0 Å². The van der Waals surface area contributed by atoms with E-state index in [-0.39, 0.29) is 11.3 Å². The van der Waals surface area contributed by atoms with Crippen LogP contribution in [0.3, 0.4) is 0 Å². The third-order valence-electron chi connectivity index (χ3n) is 1.89. The van der Waals surface area contributed by atoms with E-state index in [4.69, 9.17) is 22.2 Å². The lowest BCUT2D eigenvalue weighted by Crippen LogP contribution is -2.13. The SMILES string of the molecule is N#Cc1ccccc1NC(=CC(=O)OCl)C(=O)O. The first-order chi connectivity index (χ1) is 8.58. The molecular formula is C11H7ClN2O4. The molecule has 0 saturated carbocycles. The zero-order chi connectivity index (χ0) is 13.5. The van der Waals surface area contributed by atoms with Gasteiger partial charge in [0.1, 0.15) is 23.6 Å². The van der Waals surface area contributed by atoms with Gasteiger partial charge in [0, 0.05) is 0 Å². The van der Waals surface area contributed by atoms with Gasteiger partial charge in [0.25, 0.3) is 0 Å². The molecule has 0 saturated heterocycles. The minimum Gasteiger partial charge on any atom is -0.477 e. The zero-order valence-electron chi connectivity index (χ0n) is 8.88. The van der Waals surface area contributed by atoms with Gasteiger partial charge in [-0.15, -0.1) is 0 Å². The largest absolute Gasteiger partial charge is 0.477 e. The Hall–Kier alpha value is -2.52. The van der Waals surface area contributed by atoms with Crippen molar-refractivity contribution >= 4 is 29.5 Å². The van der Waals surface area contributed by atoms with Gasteiger partial charge in [-0.3, -0.25) is 0 Å². The van der Waals surface area contributed by atoms with Crippen molar-refractivity contribution in [2.75, 3.05) is 5.32 Å². The lowest BCUT2D eigenvalue weighted by molar-refractivity contribution is -0.134. The average molecular weight is 267 g/mol. The quantitative estimate of drug-likeness (QED) is 0.804. The number of carbonyl (C=O) groups is 2. The van der Waals surface area contributed by atoms with Crippen LogP contribution in [-0.2, 0) is 13.9 Å². The van der Waals surface area contributed by atoms with Crippen molar-refractivity contribution in [1.29, 1.82) is 5.26 Å². The number of carbonyl (C=O) groups excluding carboxylic acids is 1. The van der Waals surface area contributed by atoms with E-state index < -0.39 is 17.6 Å². The molecule has 0 radical (unpaired) electrons. The summed E-state index contributed by atoms with van der Waals surface area (Å²) < 4.78 is 3.81. The van der Waals surface area contributed by atoms with Crippen molar-refractivity contribution in [2.24, 2.45) is 0 Å². The van der Waals surface area contributed by atoms with E-state index in [0.29, 0.717) is 6.08 Å². The van der Waals surface area contributed by atoms with Crippen LogP contribution in [0.15, 0.2) is 36.0 Å². The van der Waals surface area contributed by atoms with E-state index in [1.54, 1.807) is 12.1 Å². The minimum atomic E-state index is -1.38. The summed E-state index contributed by atoms with van der Waals surface area (Å²) in [5, 5.41) is 20.1. The summed E-state index contributed by atoms with van der Waals surface area (Å²) in [5.74, 6) is -2.42. The number of benzene rings is 1. The standard InChI is InChI=1S/C11H7ClN2O4/c12-18-10(15)5-9(11(16)17)14-8-4-2-1-3-7(8)6-13/h1-5,14H,(H,16,17). The molecule has 0 spiro atoms. The number of para-hydroxylation sites is 1. The van der Waals surface area contributed by atoms with Gasteiger partial charge in [0.15, 0.2) is 0 Å². The van der Waals surface area contributed by atoms with Gasteiger partial charge in [-0.25, -0.2) is 9.59 Å². The molecule has 0 fully saturated rings. The Labute approximate surface area is 107 Å². The lowest BCUT2D eigenvalue weighted by atomic mass is 10.2. The van der Waals surface area contributed by atoms with Crippen molar-refractivity contribution < 1.29 is 19.0 Å².